The molecule has 0 unspecified atom stereocenters. The van der Waals surface area contributed by atoms with Crippen molar-refractivity contribution in [2.45, 2.75) is 45.3 Å². The molecule has 0 aromatic heterocycles. The second-order valence-corrected chi connectivity index (χ2v) is 7.06. The van der Waals surface area contributed by atoms with Gasteiger partial charge in [0.2, 0.25) is 5.91 Å². The number of carbonyl (C=O) groups is 2. The molecular formula is C17H32N4O3. The lowest BCUT2D eigenvalue weighted by Crippen LogP contribution is -2.47. The average Bonchev–Trinajstić information content (AvgIpc) is 2.57. The third kappa shape index (κ3) is 5.94. The van der Waals surface area contributed by atoms with Gasteiger partial charge in [-0.15, -0.1) is 0 Å². The lowest BCUT2D eigenvalue weighted by Gasteiger charge is -2.37. The Morgan fingerprint density at radius 2 is 1.75 bits per heavy atom. The molecule has 0 radical (unpaired) electrons. The van der Waals surface area contributed by atoms with Crippen LogP contribution in [-0.2, 0) is 9.53 Å². The molecule has 3 amide bonds. The number of urea groups is 1. The van der Waals surface area contributed by atoms with Crippen LogP contribution in [0, 0.1) is 5.92 Å². The van der Waals surface area contributed by atoms with Crippen LogP contribution in [0.15, 0.2) is 0 Å². The zero-order chi connectivity index (χ0) is 17.5. The van der Waals surface area contributed by atoms with Crippen LogP contribution in [0.5, 0.6) is 0 Å². The highest BCUT2D eigenvalue weighted by Gasteiger charge is 2.25. The third-order valence-corrected chi connectivity index (χ3v) is 4.94. The molecule has 0 saturated carbocycles. The minimum Gasteiger partial charge on any atom is -0.373 e. The summed E-state index contributed by atoms with van der Waals surface area (Å²) in [5, 5.41) is 5.01. The third-order valence-electron chi connectivity index (χ3n) is 4.94. The summed E-state index contributed by atoms with van der Waals surface area (Å²) in [6, 6.07) is -0.313. The molecule has 2 aliphatic heterocycles. The summed E-state index contributed by atoms with van der Waals surface area (Å²) in [6.45, 7) is 9.12. The maximum absolute atomic E-state index is 12.1. The fraction of sp³-hybridized carbons (Fsp3) is 0.882. The molecule has 138 valence electrons. The van der Waals surface area contributed by atoms with E-state index in [1.165, 1.54) is 6.42 Å². The van der Waals surface area contributed by atoms with Crippen molar-refractivity contribution in [3.63, 3.8) is 0 Å². The van der Waals surface area contributed by atoms with Gasteiger partial charge in [0.05, 0.1) is 18.8 Å². The minimum atomic E-state index is -0.313. The number of carbonyl (C=O) groups excluding carboxylic acids is 2. The number of piperidine rings is 1. The van der Waals surface area contributed by atoms with Crippen molar-refractivity contribution in [1.82, 2.24) is 20.4 Å². The first-order valence-electron chi connectivity index (χ1n) is 9.09. The first-order valence-corrected chi connectivity index (χ1v) is 9.09. The number of morpholine rings is 1. The molecule has 2 N–H and O–H groups in total. The molecule has 7 heteroatoms. The molecule has 0 bridgehead atoms. The molecule has 0 aromatic carbocycles. The zero-order valence-corrected chi connectivity index (χ0v) is 15.2. The van der Waals surface area contributed by atoms with Crippen molar-refractivity contribution in [3.05, 3.63) is 0 Å². The molecule has 2 rings (SSSR count). The van der Waals surface area contributed by atoms with Crippen LogP contribution < -0.4 is 10.6 Å². The van der Waals surface area contributed by atoms with Crippen LogP contribution in [0.1, 0.15) is 33.1 Å². The van der Waals surface area contributed by atoms with Gasteiger partial charge in [-0.25, -0.2) is 4.79 Å². The highest BCUT2D eigenvalue weighted by Crippen LogP contribution is 2.22. The number of ether oxygens (including phenoxy) is 1. The van der Waals surface area contributed by atoms with E-state index in [1.807, 2.05) is 4.90 Å². The van der Waals surface area contributed by atoms with Gasteiger partial charge in [-0.1, -0.05) is 0 Å². The van der Waals surface area contributed by atoms with Gasteiger partial charge in [-0.2, -0.15) is 0 Å². The smallest absolute Gasteiger partial charge is 0.314 e. The SMILES string of the molecule is CNC(=O)NCC(=O)N1CCC(CCN2C[C@@H](C)O[C@H](C)C2)CC1. The van der Waals surface area contributed by atoms with E-state index >= 15 is 0 Å². The largest absolute Gasteiger partial charge is 0.373 e. The van der Waals surface area contributed by atoms with Crippen LogP contribution in [-0.4, -0.2) is 80.3 Å². The minimum absolute atomic E-state index is 0.00730. The molecule has 0 aromatic rings. The van der Waals surface area contributed by atoms with E-state index in [4.69, 9.17) is 4.74 Å². The standard InChI is InChI=1S/C17H32N4O3/c1-13-11-20(12-14(2)24-13)7-4-15-5-8-21(9-6-15)16(22)10-19-17(23)18-3/h13-15H,4-12H2,1-3H3,(H2,18,19,23)/t13-,14-/m1/s1. The Bertz CT molecular complexity index is 414. The first kappa shape index (κ1) is 19.0. The molecule has 2 fully saturated rings. The van der Waals surface area contributed by atoms with Gasteiger partial charge < -0.3 is 20.3 Å². The van der Waals surface area contributed by atoms with Crippen molar-refractivity contribution >= 4 is 11.9 Å². The van der Waals surface area contributed by atoms with Crippen molar-refractivity contribution in [1.29, 1.82) is 0 Å². The molecular weight excluding hydrogens is 308 g/mol. The lowest BCUT2D eigenvalue weighted by molar-refractivity contribution is -0.131. The van der Waals surface area contributed by atoms with Crippen molar-refractivity contribution in [3.8, 4) is 0 Å². The molecule has 2 saturated heterocycles. The summed E-state index contributed by atoms with van der Waals surface area (Å²) >= 11 is 0. The van der Waals surface area contributed by atoms with E-state index in [9.17, 15) is 9.59 Å². The van der Waals surface area contributed by atoms with Crippen molar-refractivity contribution in [2.75, 3.05) is 46.3 Å². The van der Waals surface area contributed by atoms with E-state index in [-0.39, 0.29) is 18.5 Å². The first-order chi connectivity index (χ1) is 11.5. The van der Waals surface area contributed by atoms with Gasteiger partial charge in [-0.3, -0.25) is 9.69 Å². The predicted molar refractivity (Wildman–Crippen MR) is 92.8 cm³/mol. The number of hydrogen-bond donors (Lipinski definition) is 2. The Morgan fingerprint density at radius 1 is 1.12 bits per heavy atom. The Labute approximate surface area is 145 Å². The highest BCUT2D eigenvalue weighted by molar-refractivity contribution is 5.83. The molecule has 0 aliphatic carbocycles. The maximum Gasteiger partial charge on any atom is 0.314 e. The number of rotatable bonds is 5. The molecule has 2 heterocycles. The second-order valence-electron chi connectivity index (χ2n) is 7.06. The van der Waals surface area contributed by atoms with E-state index in [1.54, 1.807) is 7.05 Å². The predicted octanol–water partition coefficient (Wildman–Crippen LogP) is 0.653. The monoisotopic (exact) mass is 340 g/mol. The Hall–Kier alpha value is -1.34. The van der Waals surface area contributed by atoms with Crippen LogP contribution in [0.4, 0.5) is 4.79 Å². The molecule has 2 atom stereocenters. The fourth-order valence-electron chi connectivity index (χ4n) is 3.66. The molecule has 24 heavy (non-hydrogen) atoms. The molecule has 7 nitrogen and oxygen atoms in total. The van der Waals surface area contributed by atoms with Crippen LogP contribution in [0.3, 0.4) is 0 Å². The summed E-state index contributed by atoms with van der Waals surface area (Å²) < 4.78 is 5.78. The summed E-state index contributed by atoms with van der Waals surface area (Å²) in [5.74, 6) is 0.697. The summed E-state index contributed by atoms with van der Waals surface area (Å²) in [6.07, 6.45) is 3.95. The number of hydrogen-bond acceptors (Lipinski definition) is 4. The quantitative estimate of drug-likeness (QED) is 0.771. The van der Waals surface area contributed by atoms with Crippen LogP contribution in [0.2, 0.25) is 0 Å². The van der Waals surface area contributed by atoms with E-state index in [0.717, 1.165) is 45.6 Å². The summed E-state index contributed by atoms with van der Waals surface area (Å²) in [7, 11) is 1.54. The van der Waals surface area contributed by atoms with Gasteiger partial charge in [0.1, 0.15) is 0 Å². The van der Waals surface area contributed by atoms with Gasteiger partial charge in [0.25, 0.3) is 0 Å². The Morgan fingerprint density at radius 3 is 2.33 bits per heavy atom. The average molecular weight is 340 g/mol. The van der Waals surface area contributed by atoms with E-state index in [2.05, 4.69) is 29.4 Å². The Kier molecular flexibility index (Phi) is 7.30. The summed E-state index contributed by atoms with van der Waals surface area (Å²) in [4.78, 5) is 27.6. The lowest BCUT2D eigenvalue weighted by atomic mass is 9.93. The number of nitrogens with zero attached hydrogens (tertiary/aromatic N) is 2. The maximum atomic E-state index is 12.1. The van der Waals surface area contributed by atoms with E-state index in [0.29, 0.717) is 18.1 Å². The van der Waals surface area contributed by atoms with Crippen molar-refractivity contribution in [2.24, 2.45) is 5.92 Å². The number of nitrogens with one attached hydrogen (secondary N) is 2. The molecule has 2 aliphatic rings. The van der Waals surface area contributed by atoms with Crippen LogP contribution in [0.25, 0.3) is 0 Å². The van der Waals surface area contributed by atoms with Gasteiger partial charge in [0, 0.05) is 33.2 Å². The van der Waals surface area contributed by atoms with Crippen LogP contribution >= 0.6 is 0 Å². The van der Waals surface area contributed by atoms with E-state index < -0.39 is 0 Å². The summed E-state index contributed by atoms with van der Waals surface area (Å²) in [5.41, 5.74) is 0. The normalized spacial score (nSPS) is 26.2. The highest BCUT2D eigenvalue weighted by atomic mass is 16.5. The zero-order valence-electron chi connectivity index (χ0n) is 15.2. The second kappa shape index (κ2) is 9.22. The van der Waals surface area contributed by atoms with Gasteiger partial charge >= 0.3 is 6.03 Å². The number of amides is 3. The topological polar surface area (TPSA) is 73.9 Å². The van der Waals surface area contributed by atoms with Gasteiger partial charge in [-0.05, 0) is 45.6 Å². The van der Waals surface area contributed by atoms with Crippen molar-refractivity contribution < 1.29 is 14.3 Å². The molecule has 0 spiro atoms. The number of likely N-dealkylation sites (tertiary alicyclic amines) is 1. The van der Waals surface area contributed by atoms with Gasteiger partial charge in [0.15, 0.2) is 0 Å². The fourth-order valence-corrected chi connectivity index (χ4v) is 3.66. The Balaban J connectivity index is 1.64.